The summed E-state index contributed by atoms with van der Waals surface area (Å²) in [4.78, 5) is 15.0. The summed E-state index contributed by atoms with van der Waals surface area (Å²) in [7, 11) is -4.10. The minimum Gasteiger partial charge on any atom is -0.378 e. The number of carbonyl (C=O) groups is 1. The van der Waals surface area contributed by atoms with E-state index in [2.05, 4.69) is 10.2 Å². The molecule has 0 radical (unpaired) electrons. The maximum Gasteiger partial charge on any atom is 0.264 e. The topological polar surface area (TPSA) is 79.0 Å². The fourth-order valence-electron chi connectivity index (χ4n) is 3.71. The molecule has 35 heavy (non-hydrogen) atoms. The van der Waals surface area contributed by atoms with Crippen molar-refractivity contribution in [3.63, 3.8) is 0 Å². The molecule has 0 saturated carbocycles. The Morgan fingerprint density at radius 2 is 1.71 bits per heavy atom. The third kappa shape index (κ3) is 6.11. The van der Waals surface area contributed by atoms with Crippen LogP contribution in [-0.4, -0.2) is 47.2 Å². The van der Waals surface area contributed by atoms with Crippen molar-refractivity contribution >= 4 is 38.9 Å². The van der Waals surface area contributed by atoms with Gasteiger partial charge in [0.1, 0.15) is 12.4 Å². The number of hydrogen-bond donors (Lipinski definition) is 1. The summed E-state index contributed by atoms with van der Waals surface area (Å²) in [6, 6.07) is 19.1. The van der Waals surface area contributed by atoms with Crippen LogP contribution in [0.5, 0.6) is 0 Å². The summed E-state index contributed by atoms with van der Waals surface area (Å²) in [5, 5.41) is 2.52. The number of nitrogens with one attached hydrogen (secondary N) is 1. The zero-order chi connectivity index (χ0) is 24.8. The Bertz CT molecular complexity index is 1270. The fraction of sp³-hybridized carbons (Fsp3) is 0.240. The Balaban J connectivity index is 1.47. The van der Waals surface area contributed by atoms with E-state index in [1.54, 1.807) is 18.2 Å². The number of morpholine rings is 1. The molecule has 0 aromatic heterocycles. The number of hydrogen-bond acceptors (Lipinski definition) is 5. The molecule has 184 valence electrons. The monoisotopic (exact) mass is 517 g/mol. The van der Waals surface area contributed by atoms with Gasteiger partial charge in [-0.2, -0.15) is 0 Å². The van der Waals surface area contributed by atoms with Crippen molar-refractivity contribution < 1.29 is 22.3 Å². The normalized spacial score (nSPS) is 13.9. The smallest absolute Gasteiger partial charge is 0.264 e. The third-order valence-corrected chi connectivity index (χ3v) is 7.69. The second-order valence-electron chi connectivity index (χ2n) is 7.97. The van der Waals surface area contributed by atoms with Crippen molar-refractivity contribution in [2.24, 2.45) is 0 Å². The quantitative estimate of drug-likeness (QED) is 0.491. The first kappa shape index (κ1) is 25.0. The molecule has 4 rings (SSSR count). The van der Waals surface area contributed by atoms with E-state index in [0.29, 0.717) is 13.2 Å². The highest BCUT2D eigenvalue weighted by molar-refractivity contribution is 7.92. The molecule has 1 saturated heterocycles. The Hall–Kier alpha value is -3.14. The van der Waals surface area contributed by atoms with Gasteiger partial charge in [0.25, 0.3) is 10.0 Å². The van der Waals surface area contributed by atoms with Gasteiger partial charge in [0.05, 0.1) is 28.8 Å². The average molecular weight is 518 g/mol. The molecule has 0 unspecified atom stereocenters. The number of amides is 1. The number of halogens is 2. The van der Waals surface area contributed by atoms with E-state index < -0.39 is 28.3 Å². The lowest BCUT2D eigenvalue weighted by Gasteiger charge is -2.29. The van der Waals surface area contributed by atoms with Crippen molar-refractivity contribution in [1.29, 1.82) is 0 Å². The maximum absolute atomic E-state index is 13.7. The molecule has 1 aliphatic rings. The molecule has 0 bridgehead atoms. The van der Waals surface area contributed by atoms with E-state index >= 15 is 0 Å². The molecule has 0 spiro atoms. The van der Waals surface area contributed by atoms with Gasteiger partial charge in [-0.05, 0) is 48.0 Å². The molecule has 1 N–H and O–H groups in total. The number of rotatable bonds is 8. The lowest BCUT2D eigenvalue weighted by molar-refractivity contribution is -0.119. The van der Waals surface area contributed by atoms with Crippen LogP contribution in [0.25, 0.3) is 0 Å². The van der Waals surface area contributed by atoms with Crippen LogP contribution in [-0.2, 0) is 26.1 Å². The number of nitrogens with zero attached hydrogens (tertiary/aromatic N) is 2. The standard InChI is InChI=1S/C25H25ClFN3O4S/c26-23-16-21(10-11-24(23)27)30(35(32,33)22-4-2-1-3-5-22)18-25(31)28-17-19-6-8-20(9-7-19)29-12-14-34-15-13-29/h1-11,16H,12-15,17-18H2,(H,28,31). The first-order valence-electron chi connectivity index (χ1n) is 11.1. The van der Waals surface area contributed by atoms with Gasteiger partial charge in [-0.25, -0.2) is 12.8 Å². The van der Waals surface area contributed by atoms with Crippen molar-refractivity contribution in [1.82, 2.24) is 5.32 Å². The van der Waals surface area contributed by atoms with Gasteiger partial charge in [-0.1, -0.05) is 41.9 Å². The van der Waals surface area contributed by atoms with E-state index in [1.165, 1.54) is 24.3 Å². The van der Waals surface area contributed by atoms with Crippen LogP contribution < -0.4 is 14.5 Å². The molecule has 1 amide bonds. The second-order valence-corrected chi connectivity index (χ2v) is 10.2. The second kappa shape index (κ2) is 11.1. The number of ether oxygens (including phenoxy) is 1. The average Bonchev–Trinajstić information content (AvgIpc) is 2.89. The SMILES string of the molecule is O=C(CN(c1ccc(F)c(Cl)c1)S(=O)(=O)c1ccccc1)NCc1ccc(N2CCOCC2)cc1. The Morgan fingerprint density at radius 3 is 2.37 bits per heavy atom. The van der Waals surface area contributed by atoms with Crippen LogP contribution in [0.15, 0.2) is 77.7 Å². The molecule has 1 fully saturated rings. The summed E-state index contributed by atoms with van der Waals surface area (Å²) in [6.45, 7) is 2.78. The number of anilines is 2. The van der Waals surface area contributed by atoms with E-state index in [-0.39, 0.29) is 22.2 Å². The number of sulfonamides is 1. The molecule has 0 aliphatic carbocycles. The number of carbonyl (C=O) groups excluding carboxylic acids is 1. The summed E-state index contributed by atoms with van der Waals surface area (Å²) in [6.07, 6.45) is 0. The molecule has 3 aromatic carbocycles. The van der Waals surface area contributed by atoms with E-state index in [0.717, 1.165) is 34.7 Å². The van der Waals surface area contributed by atoms with Crippen LogP contribution >= 0.6 is 11.6 Å². The predicted molar refractivity (Wildman–Crippen MR) is 134 cm³/mol. The highest BCUT2D eigenvalue weighted by Crippen LogP contribution is 2.27. The summed E-state index contributed by atoms with van der Waals surface area (Å²) in [5.74, 6) is -1.19. The van der Waals surface area contributed by atoms with Gasteiger partial charge in [0.2, 0.25) is 5.91 Å². The lowest BCUT2D eigenvalue weighted by atomic mass is 10.2. The van der Waals surface area contributed by atoms with Gasteiger partial charge in [0, 0.05) is 25.3 Å². The van der Waals surface area contributed by atoms with E-state index in [4.69, 9.17) is 16.3 Å². The van der Waals surface area contributed by atoms with Gasteiger partial charge < -0.3 is 15.0 Å². The van der Waals surface area contributed by atoms with E-state index in [9.17, 15) is 17.6 Å². The third-order valence-electron chi connectivity index (χ3n) is 5.61. The molecule has 0 atom stereocenters. The highest BCUT2D eigenvalue weighted by atomic mass is 35.5. The van der Waals surface area contributed by atoms with E-state index in [1.807, 2.05) is 24.3 Å². The van der Waals surface area contributed by atoms with Crippen molar-refractivity contribution in [3.05, 3.63) is 89.2 Å². The Labute approximate surface area is 209 Å². The van der Waals surface area contributed by atoms with Crippen molar-refractivity contribution in [2.45, 2.75) is 11.4 Å². The fourth-order valence-corrected chi connectivity index (χ4v) is 5.32. The van der Waals surface area contributed by atoms with Crippen molar-refractivity contribution in [2.75, 3.05) is 42.1 Å². The largest absolute Gasteiger partial charge is 0.378 e. The van der Waals surface area contributed by atoms with Gasteiger partial charge in [-0.3, -0.25) is 9.10 Å². The predicted octanol–water partition coefficient (Wildman–Crippen LogP) is 3.83. The molecule has 1 heterocycles. The minimum absolute atomic E-state index is 0.00643. The first-order chi connectivity index (χ1) is 16.8. The molecular formula is C25H25ClFN3O4S. The highest BCUT2D eigenvalue weighted by Gasteiger charge is 2.27. The molecule has 3 aromatic rings. The van der Waals surface area contributed by atoms with Crippen LogP contribution in [0.3, 0.4) is 0 Å². The molecule has 7 nitrogen and oxygen atoms in total. The summed E-state index contributed by atoms with van der Waals surface area (Å²) in [5.41, 5.74) is 2.04. The molecule has 10 heteroatoms. The van der Waals surface area contributed by atoms with Gasteiger partial charge in [0.15, 0.2) is 0 Å². The van der Waals surface area contributed by atoms with Crippen LogP contribution in [0.1, 0.15) is 5.56 Å². The van der Waals surface area contributed by atoms with Crippen LogP contribution in [0, 0.1) is 5.82 Å². The van der Waals surface area contributed by atoms with Crippen molar-refractivity contribution in [3.8, 4) is 0 Å². The summed E-state index contributed by atoms with van der Waals surface area (Å²) >= 11 is 5.89. The number of benzene rings is 3. The Kier molecular flexibility index (Phi) is 7.90. The maximum atomic E-state index is 13.7. The zero-order valence-electron chi connectivity index (χ0n) is 18.9. The van der Waals surface area contributed by atoms with Crippen LogP contribution in [0.2, 0.25) is 5.02 Å². The van der Waals surface area contributed by atoms with Gasteiger partial charge in [-0.15, -0.1) is 0 Å². The first-order valence-corrected chi connectivity index (χ1v) is 12.9. The van der Waals surface area contributed by atoms with Gasteiger partial charge >= 0.3 is 0 Å². The lowest BCUT2D eigenvalue weighted by Crippen LogP contribution is -2.40. The minimum atomic E-state index is -4.10. The molecule has 1 aliphatic heterocycles. The zero-order valence-corrected chi connectivity index (χ0v) is 20.4. The van der Waals surface area contributed by atoms with Crippen LogP contribution in [0.4, 0.5) is 15.8 Å². The molecular weight excluding hydrogens is 493 g/mol. The Morgan fingerprint density at radius 1 is 1.03 bits per heavy atom. The summed E-state index contributed by atoms with van der Waals surface area (Å²) < 4.78 is 46.7.